The molecule has 7 heteroatoms. The molecule has 0 spiro atoms. The number of aromatic nitrogens is 3. The third-order valence-electron chi connectivity index (χ3n) is 6.71. The van der Waals surface area contributed by atoms with Gasteiger partial charge in [0, 0.05) is 44.6 Å². The Bertz CT molecular complexity index is 987. The highest BCUT2D eigenvalue weighted by molar-refractivity contribution is 5.78. The Morgan fingerprint density at radius 1 is 1.24 bits per heavy atom. The largest absolute Gasteiger partial charge is 0.334 e. The maximum Gasteiger partial charge on any atom is 0.277 e. The topological polar surface area (TPSA) is 73.7 Å². The van der Waals surface area contributed by atoms with Crippen molar-refractivity contribution in [2.24, 2.45) is 11.8 Å². The number of rotatable bonds is 4. The van der Waals surface area contributed by atoms with Crippen molar-refractivity contribution in [1.82, 2.24) is 24.4 Å². The second-order valence-corrected chi connectivity index (χ2v) is 9.37. The molecule has 1 saturated carbocycles. The minimum Gasteiger partial charge on any atom is -0.334 e. The van der Waals surface area contributed by atoms with Crippen LogP contribution in [0.4, 0.5) is 0 Å². The van der Waals surface area contributed by atoms with Gasteiger partial charge in [-0.25, -0.2) is 9.50 Å². The first-order chi connectivity index (χ1) is 14.0. The quantitative estimate of drug-likeness (QED) is 0.860. The molecular formula is C22H31N5O2. The molecule has 2 aliphatic heterocycles. The summed E-state index contributed by atoms with van der Waals surface area (Å²) in [7, 11) is 0. The molecule has 2 aromatic heterocycles. The van der Waals surface area contributed by atoms with E-state index in [1.54, 1.807) is 4.52 Å². The van der Waals surface area contributed by atoms with Crippen LogP contribution in [0.5, 0.6) is 0 Å². The van der Waals surface area contributed by atoms with E-state index in [9.17, 15) is 9.59 Å². The normalized spacial score (nSPS) is 23.0. The summed E-state index contributed by atoms with van der Waals surface area (Å²) in [4.78, 5) is 35.2. The SMILES string of the molecule is CC(C)C(=O)N1CCCC[C@@H]1c1cc2nc3c(c(=O)n2[nH]1)CN(CC1CC1)CC3. The molecule has 7 nitrogen and oxygen atoms in total. The second-order valence-electron chi connectivity index (χ2n) is 9.37. The number of carbonyl (C=O) groups excluding carboxylic acids is 1. The summed E-state index contributed by atoms with van der Waals surface area (Å²) in [6, 6.07) is 1.98. The van der Waals surface area contributed by atoms with Crippen molar-refractivity contribution in [3.63, 3.8) is 0 Å². The molecule has 1 aliphatic carbocycles. The van der Waals surface area contributed by atoms with Crippen molar-refractivity contribution < 1.29 is 4.79 Å². The zero-order valence-electron chi connectivity index (χ0n) is 17.5. The molecule has 0 aromatic carbocycles. The van der Waals surface area contributed by atoms with Crippen molar-refractivity contribution in [1.29, 1.82) is 0 Å². The highest BCUT2D eigenvalue weighted by atomic mass is 16.2. The van der Waals surface area contributed by atoms with Crippen molar-refractivity contribution in [2.45, 2.75) is 65.0 Å². The predicted octanol–water partition coefficient (Wildman–Crippen LogP) is 2.50. The van der Waals surface area contributed by atoms with Gasteiger partial charge in [0.2, 0.25) is 5.91 Å². The van der Waals surface area contributed by atoms with Gasteiger partial charge in [-0.15, -0.1) is 0 Å². The Hall–Kier alpha value is -2.15. The van der Waals surface area contributed by atoms with Crippen LogP contribution in [0, 0.1) is 11.8 Å². The van der Waals surface area contributed by atoms with E-state index in [0.29, 0.717) is 12.2 Å². The van der Waals surface area contributed by atoms with Gasteiger partial charge in [0.1, 0.15) is 0 Å². The van der Waals surface area contributed by atoms with Crippen LogP contribution in [0.2, 0.25) is 0 Å². The Balaban J connectivity index is 1.48. The fraction of sp³-hybridized carbons (Fsp3) is 0.682. The van der Waals surface area contributed by atoms with Crippen LogP contribution in [-0.2, 0) is 17.8 Å². The van der Waals surface area contributed by atoms with E-state index in [1.165, 1.54) is 12.8 Å². The molecule has 0 radical (unpaired) electrons. The molecular weight excluding hydrogens is 366 g/mol. The summed E-state index contributed by atoms with van der Waals surface area (Å²) in [5, 5.41) is 3.30. The summed E-state index contributed by atoms with van der Waals surface area (Å²) in [6.45, 7) is 7.48. The minimum atomic E-state index is -0.0226. The van der Waals surface area contributed by atoms with Gasteiger partial charge < -0.3 is 4.90 Å². The van der Waals surface area contributed by atoms with Crippen molar-refractivity contribution >= 4 is 11.6 Å². The highest BCUT2D eigenvalue weighted by Crippen LogP contribution is 2.33. The van der Waals surface area contributed by atoms with Gasteiger partial charge in [-0.3, -0.25) is 19.6 Å². The van der Waals surface area contributed by atoms with E-state index in [0.717, 1.165) is 68.2 Å². The van der Waals surface area contributed by atoms with Gasteiger partial charge in [0.15, 0.2) is 5.65 Å². The Kier molecular flexibility index (Phi) is 4.73. The maximum atomic E-state index is 13.2. The molecule has 156 valence electrons. The summed E-state index contributed by atoms with van der Waals surface area (Å²) < 4.78 is 1.60. The van der Waals surface area contributed by atoms with Crippen molar-refractivity contribution in [3.8, 4) is 0 Å². The Morgan fingerprint density at radius 3 is 2.83 bits per heavy atom. The third kappa shape index (κ3) is 3.50. The van der Waals surface area contributed by atoms with Crippen molar-refractivity contribution in [2.75, 3.05) is 19.6 Å². The first kappa shape index (κ1) is 18.9. The van der Waals surface area contributed by atoms with Gasteiger partial charge in [-0.2, -0.15) is 0 Å². The van der Waals surface area contributed by atoms with Gasteiger partial charge in [0.05, 0.1) is 23.0 Å². The lowest BCUT2D eigenvalue weighted by Gasteiger charge is -2.36. The number of nitrogens with one attached hydrogen (secondary N) is 1. The van der Waals surface area contributed by atoms with Crippen LogP contribution in [0.25, 0.3) is 5.65 Å². The molecule has 2 aromatic rings. The minimum absolute atomic E-state index is 0.00291. The Morgan fingerprint density at radius 2 is 2.07 bits per heavy atom. The maximum absolute atomic E-state index is 13.2. The first-order valence-corrected chi connectivity index (χ1v) is 11.2. The number of piperidine rings is 1. The highest BCUT2D eigenvalue weighted by Gasteiger charge is 2.32. The van der Waals surface area contributed by atoms with Gasteiger partial charge in [-0.05, 0) is 38.0 Å². The third-order valence-corrected chi connectivity index (χ3v) is 6.71. The number of likely N-dealkylation sites (tertiary alicyclic amines) is 1. The second kappa shape index (κ2) is 7.27. The molecule has 4 heterocycles. The molecule has 1 amide bonds. The average Bonchev–Trinajstić information content (AvgIpc) is 3.43. The van der Waals surface area contributed by atoms with E-state index in [-0.39, 0.29) is 23.4 Å². The number of carbonyl (C=O) groups is 1. The van der Waals surface area contributed by atoms with E-state index in [1.807, 2.05) is 24.8 Å². The molecule has 0 bridgehead atoms. The molecule has 29 heavy (non-hydrogen) atoms. The molecule has 5 rings (SSSR count). The molecule has 1 N–H and O–H groups in total. The number of amides is 1. The lowest BCUT2D eigenvalue weighted by atomic mass is 9.97. The molecule has 0 unspecified atom stereocenters. The van der Waals surface area contributed by atoms with Crippen LogP contribution in [0.1, 0.15) is 68.9 Å². The predicted molar refractivity (Wildman–Crippen MR) is 111 cm³/mol. The van der Waals surface area contributed by atoms with Crippen molar-refractivity contribution in [3.05, 3.63) is 33.4 Å². The van der Waals surface area contributed by atoms with Crippen LogP contribution >= 0.6 is 0 Å². The average molecular weight is 398 g/mol. The lowest BCUT2D eigenvalue weighted by Crippen LogP contribution is -2.41. The number of hydrogen-bond acceptors (Lipinski definition) is 4. The van der Waals surface area contributed by atoms with E-state index in [4.69, 9.17) is 4.98 Å². The van der Waals surface area contributed by atoms with Crippen LogP contribution in [0.15, 0.2) is 10.9 Å². The van der Waals surface area contributed by atoms with E-state index < -0.39 is 0 Å². The summed E-state index contributed by atoms with van der Waals surface area (Å²) >= 11 is 0. The standard InChI is InChI=1S/C22H31N5O2/c1-14(2)21(28)26-9-4-3-5-19(26)18-11-20-23-17-8-10-25(12-15-6-7-15)13-16(17)22(29)27(20)24-18/h11,14-15,19,24H,3-10,12-13H2,1-2H3/t19-/m1/s1. The number of hydrogen-bond donors (Lipinski definition) is 1. The first-order valence-electron chi connectivity index (χ1n) is 11.2. The molecule has 3 aliphatic rings. The van der Waals surface area contributed by atoms with E-state index >= 15 is 0 Å². The number of fused-ring (bicyclic) bond motifs is 2. The van der Waals surface area contributed by atoms with Gasteiger partial charge in [-0.1, -0.05) is 13.8 Å². The summed E-state index contributed by atoms with van der Waals surface area (Å²) in [5.74, 6) is 0.984. The summed E-state index contributed by atoms with van der Waals surface area (Å²) in [6.07, 6.45) is 6.55. The smallest absolute Gasteiger partial charge is 0.277 e. The molecule has 1 saturated heterocycles. The Labute approximate surface area is 171 Å². The molecule has 2 fully saturated rings. The number of nitrogens with zero attached hydrogens (tertiary/aromatic N) is 4. The monoisotopic (exact) mass is 397 g/mol. The van der Waals surface area contributed by atoms with Crippen LogP contribution in [-0.4, -0.2) is 49.9 Å². The molecule has 1 atom stereocenters. The van der Waals surface area contributed by atoms with Gasteiger partial charge in [0.25, 0.3) is 5.56 Å². The lowest BCUT2D eigenvalue weighted by molar-refractivity contribution is -0.138. The van der Waals surface area contributed by atoms with Crippen LogP contribution in [0.3, 0.4) is 0 Å². The van der Waals surface area contributed by atoms with Crippen LogP contribution < -0.4 is 5.56 Å². The zero-order chi connectivity index (χ0) is 20.1. The fourth-order valence-electron chi connectivity index (χ4n) is 4.90. The number of aromatic amines is 1. The fourth-order valence-corrected chi connectivity index (χ4v) is 4.90. The number of H-pyrrole nitrogens is 1. The van der Waals surface area contributed by atoms with E-state index in [2.05, 4.69) is 10.00 Å². The van der Waals surface area contributed by atoms with Gasteiger partial charge >= 0.3 is 0 Å². The zero-order valence-corrected chi connectivity index (χ0v) is 17.5. The summed E-state index contributed by atoms with van der Waals surface area (Å²) in [5.41, 5.74) is 3.42.